The number of aromatic carboxylic acids is 1. The summed E-state index contributed by atoms with van der Waals surface area (Å²) in [6, 6.07) is 8.96. The zero-order valence-corrected chi connectivity index (χ0v) is 10.6. The van der Waals surface area contributed by atoms with Gasteiger partial charge in [-0.1, -0.05) is 18.2 Å². The fourth-order valence-corrected chi connectivity index (χ4v) is 1.94. The van der Waals surface area contributed by atoms with Gasteiger partial charge in [-0.2, -0.15) is 5.10 Å². The molecule has 2 heterocycles. The Bertz CT molecular complexity index is 796. The molecule has 7 nitrogen and oxygen atoms in total. The van der Waals surface area contributed by atoms with Crippen molar-refractivity contribution in [3.05, 3.63) is 42.2 Å². The first-order valence-electron chi connectivity index (χ1n) is 5.90. The summed E-state index contributed by atoms with van der Waals surface area (Å²) in [7, 11) is 1.78. The average Bonchev–Trinajstić information content (AvgIpc) is 2.84. The fraction of sp³-hybridized carbons (Fsp3) is 0.0769. The average molecular weight is 269 g/mol. The number of nitrogens with one attached hydrogen (secondary N) is 1. The molecule has 0 aliphatic rings. The smallest absolute Gasteiger partial charge is 0.358 e. The second-order valence-electron chi connectivity index (χ2n) is 4.25. The highest BCUT2D eigenvalue weighted by molar-refractivity contribution is 6.03. The number of rotatable bonds is 3. The minimum atomic E-state index is -1.14. The summed E-state index contributed by atoms with van der Waals surface area (Å²) in [6.45, 7) is 0. The number of hydrogen-bond donors (Lipinski definition) is 2. The molecule has 0 aliphatic heterocycles. The third-order valence-corrected chi connectivity index (χ3v) is 2.84. The third kappa shape index (κ3) is 2.05. The highest BCUT2D eigenvalue weighted by Gasteiger charge is 2.17. The van der Waals surface area contributed by atoms with Gasteiger partial charge in [0.25, 0.3) is 0 Å². The van der Waals surface area contributed by atoms with Crippen LogP contribution in [0.5, 0.6) is 0 Å². The molecule has 0 amide bonds. The number of carboxylic acids is 1. The van der Waals surface area contributed by atoms with E-state index in [9.17, 15) is 9.90 Å². The number of nitrogens with zero attached hydrogens (tertiary/aromatic N) is 4. The molecule has 0 atom stereocenters. The van der Waals surface area contributed by atoms with Gasteiger partial charge >= 0.3 is 5.97 Å². The first kappa shape index (κ1) is 12.1. The van der Waals surface area contributed by atoms with E-state index in [1.807, 2.05) is 12.1 Å². The molecule has 0 spiro atoms. The fourth-order valence-electron chi connectivity index (χ4n) is 1.94. The zero-order valence-electron chi connectivity index (χ0n) is 10.6. The molecule has 2 aromatic heterocycles. The molecule has 1 aromatic carbocycles. The van der Waals surface area contributed by atoms with Crippen LogP contribution in [-0.4, -0.2) is 31.1 Å². The number of aromatic nitrogens is 4. The van der Waals surface area contributed by atoms with E-state index in [-0.39, 0.29) is 5.69 Å². The van der Waals surface area contributed by atoms with Crippen molar-refractivity contribution in [3.8, 4) is 0 Å². The van der Waals surface area contributed by atoms with Crippen molar-refractivity contribution < 1.29 is 9.90 Å². The predicted molar refractivity (Wildman–Crippen MR) is 73.0 cm³/mol. The van der Waals surface area contributed by atoms with E-state index in [0.717, 1.165) is 0 Å². The molecule has 20 heavy (non-hydrogen) atoms. The van der Waals surface area contributed by atoms with Crippen molar-refractivity contribution in [2.75, 3.05) is 5.32 Å². The SMILES string of the molecule is Cn1ccc(Nc2c(C(=O)O)nnc3ccccc23)n1. The van der Waals surface area contributed by atoms with Gasteiger partial charge in [0, 0.05) is 24.7 Å². The lowest BCUT2D eigenvalue weighted by atomic mass is 10.1. The Morgan fingerprint density at radius 3 is 2.75 bits per heavy atom. The molecule has 0 radical (unpaired) electrons. The molecule has 0 saturated heterocycles. The van der Waals surface area contributed by atoms with E-state index in [0.29, 0.717) is 22.4 Å². The molecular weight excluding hydrogens is 258 g/mol. The zero-order chi connectivity index (χ0) is 14.1. The summed E-state index contributed by atoms with van der Waals surface area (Å²) < 4.78 is 1.62. The number of hydrogen-bond acceptors (Lipinski definition) is 5. The lowest BCUT2D eigenvalue weighted by molar-refractivity contribution is 0.0690. The van der Waals surface area contributed by atoms with Crippen LogP contribution in [0.25, 0.3) is 10.9 Å². The summed E-state index contributed by atoms with van der Waals surface area (Å²) >= 11 is 0. The Morgan fingerprint density at radius 2 is 2.05 bits per heavy atom. The van der Waals surface area contributed by atoms with Crippen LogP contribution in [0.15, 0.2) is 36.5 Å². The van der Waals surface area contributed by atoms with Crippen LogP contribution in [0.4, 0.5) is 11.5 Å². The van der Waals surface area contributed by atoms with Crippen molar-refractivity contribution in [2.45, 2.75) is 0 Å². The molecule has 0 aliphatic carbocycles. The molecule has 0 saturated carbocycles. The Balaban J connectivity index is 2.19. The highest BCUT2D eigenvalue weighted by atomic mass is 16.4. The molecule has 0 fully saturated rings. The Labute approximate surface area is 113 Å². The van der Waals surface area contributed by atoms with Crippen LogP contribution in [0.2, 0.25) is 0 Å². The first-order valence-corrected chi connectivity index (χ1v) is 5.90. The number of fused-ring (bicyclic) bond motifs is 1. The van der Waals surface area contributed by atoms with Crippen molar-refractivity contribution in [1.82, 2.24) is 20.0 Å². The number of anilines is 2. The predicted octanol–water partition coefficient (Wildman–Crippen LogP) is 1.81. The van der Waals surface area contributed by atoms with Gasteiger partial charge in [0.15, 0.2) is 11.5 Å². The number of aryl methyl sites for hydroxylation is 1. The van der Waals surface area contributed by atoms with Gasteiger partial charge in [-0.25, -0.2) is 4.79 Å². The van der Waals surface area contributed by atoms with Crippen LogP contribution >= 0.6 is 0 Å². The molecule has 3 rings (SSSR count). The maximum atomic E-state index is 11.3. The topological polar surface area (TPSA) is 92.9 Å². The number of carbonyl (C=O) groups is 1. The van der Waals surface area contributed by atoms with Gasteiger partial charge < -0.3 is 10.4 Å². The van der Waals surface area contributed by atoms with Gasteiger partial charge in [0.05, 0.1) is 11.2 Å². The van der Waals surface area contributed by atoms with Crippen molar-refractivity contribution >= 4 is 28.4 Å². The normalized spacial score (nSPS) is 10.7. The lowest BCUT2D eigenvalue weighted by Gasteiger charge is -2.09. The Kier molecular flexibility index (Phi) is 2.79. The summed E-state index contributed by atoms with van der Waals surface area (Å²) in [6.07, 6.45) is 1.76. The van der Waals surface area contributed by atoms with Gasteiger partial charge in [-0.3, -0.25) is 4.68 Å². The third-order valence-electron chi connectivity index (χ3n) is 2.84. The highest BCUT2D eigenvalue weighted by Crippen LogP contribution is 2.26. The largest absolute Gasteiger partial charge is 0.476 e. The minimum absolute atomic E-state index is 0.130. The van der Waals surface area contributed by atoms with Crippen LogP contribution in [0, 0.1) is 0 Å². The van der Waals surface area contributed by atoms with E-state index in [1.54, 1.807) is 36.1 Å². The van der Waals surface area contributed by atoms with Gasteiger partial charge in [-0.15, -0.1) is 10.2 Å². The van der Waals surface area contributed by atoms with Gasteiger partial charge in [-0.05, 0) is 6.07 Å². The summed E-state index contributed by atoms with van der Waals surface area (Å²) in [4.78, 5) is 11.3. The molecule has 0 unspecified atom stereocenters. The molecular formula is C13H11N5O2. The monoisotopic (exact) mass is 269 g/mol. The summed E-state index contributed by atoms with van der Waals surface area (Å²) in [5.41, 5.74) is 0.882. The lowest BCUT2D eigenvalue weighted by Crippen LogP contribution is -2.08. The molecule has 0 bridgehead atoms. The molecule has 100 valence electrons. The van der Waals surface area contributed by atoms with Crippen LogP contribution in [-0.2, 0) is 7.05 Å². The van der Waals surface area contributed by atoms with Crippen LogP contribution in [0.3, 0.4) is 0 Å². The van der Waals surface area contributed by atoms with Crippen LogP contribution in [0.1, 0.15) is 10.5 Å². The standard InChI is InChI=1S/C13H11N5O2/c1-18-7-6-10(17-18)14-11-8-4-2-3-5-9(8)15-16-12(11)13(19)20/h2-7H,1H3,(H,19,20)(H,14,15,17). The Hall–Kier alpha value is -2.96. The second-order valence-corrected chi connectivity index (χ2v) is 4.25. The second kappa shape index (κ2) is 4.61. The molecule has 7 heteroatoms. The van der Waals surface area contributed by atoms with Crippen molar-refractivity contribution in [1.29, 1.82) is 0 Å². The van der Waals surface area contributed by atoms with Crippen molar-refractivity contribution in [3.63, 3.8) is 0 Å². The van der Waals surface area contributed by atoms with Gasteiger partial charge in [0.2, 0.25) is 0 Å². The van der Waals surface area contributed by atoms with E-state index >= 15 is 0 Å². The van der Waals surface area contributed by atoms with Gasteiger partial charge in [0.1, 0.15) is 0 Å². The Morgan fingerprint density at radius 1 is 1.25 bits per heavy atom. The van der Waals surface area contributed by atoms with E-state index < -0.39 is 5.97 Å². The van der Waals surface area contributed by atoms with E-state index in [4.69, 9.17) is 0 Å². The number of benzene rings is 1. The first-order chi connectivity index (χ1) is 9.65. The quantitative estimate of drug-likeness (QED) is 0.753. The number of carboxylic acid groups (broad SMARTS) is 1. The molecule has 2 N–H and O–H groups in total. The van der Waals surface area contributed by atoms with E-state index in [1.165, 1.54) is 0 Å². The molecule has 3 aromatic rings. The minimum Gasteiger partial charge on any atom is -0.476 e. The maximum Gasteiger partial charge on any atom is 0.358 e. The van der Waals surface area contributed by atoms with Crippen LogP contribution < -0.4 is 5.32 Å². The maximum absolute atomic E-state index is 11.3. The van der Waals surface area contributed by atoms with Crippen molar-refractivity contribution in [2.24, 2.45) is 7.05 Å². The summed E-state index contributed by atoms with van der Waals surface area (Å²) in [5.74, 6) is -0.588. The summed E-state index contributed by atoms with van der Waals surface area (Å²) in [5, 5.41) is 24.8. The van der Waals surface area contributed by atoms with E-state index in [2.05, 4.69) is 20.6 Å².